The maximum absolute atomic E-state index is 12.5. The van der Waals surface area contributed by atoms with E-state index in [0.717, 1.165) is 17.7 Å². The van der Waals surface area contributed by atoms with Crippen LogP contribution in [-0.4, -0.2) is 10.1 Å². The molecule has 0 saturated carbocycles. The van der Waals surface area contributed by atoms with Crippen LogP contribution in [0.4, 0.5) is 13.2 Å². The van der Waals surface area contributed by atoms with Gasteiger partial charge in [-0.25, -0.2) is 0 Å². The van der Waals surface area contributed by atoms with Crippen molar-refractivity contribution in [2.75, 3.05) is 0 Å². The molecule has 1 N–H and O–H groups in total. The van der Waals surface area contributed by atoms with Crippen molar-refractivity contribution in [3.63, 3.8) is 0 Å². The number of nitrogens with one attached hydrogen (secondary N) is 1. The second-order valence-electron chi connectivity index (χ2n) is 6.50. The van der Waals surface area contributed by atoms with Gasteiger partial charge in [-0.3, -0.25) is 0 Å². The number of nitrogens with zero attached hydrogens (tertiary/aromatic N) is 2. The fourth-order valence-corrected chi connectivity index (χ4v) is 1.89. The highest BCUT2D eigenvalue weighted by Gasteiger charge is 2.30. The Labute approximate surface area is 133 Å². The molecule has 0 aliphatic rings. The summed E-state index contributed by atoms with van der Waals surface area (Å²) < 4.78 is 42.8. The summed E-state index contributed by atoms with van der Waals surface area (Å²) in [6, 6.07) is 4.87. The van der Waals surface area contributed by atoms with Crippen molar-refractivity contribution in [2.24, 2.45) is 0 Å². The van der Waals surface area contributed by atoms with Gasteiger partial charge in [0.1, 0.15) is 0 Å². The minimum absolute atomic E-state index is 0.194. The van der Waals surface area contributed by atoms with Gasteiger partial charge in [0.05, 0.1) is 11.6 Å². The van der Waals surface area contributed by atoms with Crippen molar-refractivity contribution in [2.45, 2.75) is 51.9 Å². The number of alkyl halides is 3. The van der Waals surface area contributed by atoms with Crippen molar-refractivity contribution in [1.82, 2.24) is 15.5 Å². The van der Waals surface area contributed by atoms with Gasteiger partial charge in [-0.15, -0.1) is 0 Å². The molecule has 1 heterocycles. The Hall–Kier alpha value is -1.89. The first-order valence-corrected chi connectivity index (χ1v) is 7.31. The molecular formula is C16H20F3N3O. The third-order valence-corrected chi connectivity index (χ3v) is 3.38. The van der Waals surface area contributed by atoms with Crippen molar-refractivity contribution in [3.05, 3.63) is 47.1 Å². The SMILES string of the molecule is CC(NCc1ccc(C(F)(F)F)cc1)c1nc(C(C)(C)C)no1. The quantitative estimate of drug-likeness (QED) is 0.913. The fraction of sp³-hybridized carbons (Fsp3) is 0.500. The molecular weight excluding hydrogens is 307 g/mol. The first-order valence-electron chi connectivity index (χ1n) is 7.31. The second-order valence-corrected chi connectivity index (χ2v) is 6.50. The first-order chi connectivity index (χ1) is 10.6. The average Bonchev–Trinajstić information content (AvgIpc) is 2.94. The van der Waals surface area contributed by atoms with E-state index < -0.39 is 11.7 Å². The molecule has 0 aliphatic carbocycles. The predicted octanol–water partition coefficient (Wildman–Crippen LogP) is 4.24. The minimum Gasteiger partial charge on any atom is -0.338 e. The van der Waals surface area contributed by atoms with E-state index in [0.29, 0.717) is 18.3 Å². The summed E-state index contributed by atoms with van der Waals surface area (Å²) in [4.78, 5) is 4.35. The number of rotatable bonds is 4. The standard InChI is InChI=1S/C16H20F3N3O/c1-10(13-21-14(22-23-13)15(2,3)4)20-9-11-5-7-12(8-6-11)16(17,18)19/h5-8,10,20H,9H2,1-4H3. The van der Waals surface area contributed by atoms with Crippen LogP contribution in [0.2, 0.25) is 0 Å². The lowest BCUT2D eigenvalue weighted by Gasteiger charge is -2.12. The molecule has 4 nitrogen and oxygen atoms in total. The zero-order valence-corrected chi connectivity index (χ0v) is 13.5. The summed E-state index contributed by atoms with van der Waals surface area (Å²) >= 11 is 0. The van der Waals surface area contributed by atoms with E-state index in [1.165, 1.54) is 12.1 Å². The molecule has 126 valence electrons. The topological polar surface area (TPSA) is 51.0 Å². The van der Waals surface area contributed by atoms with Gasteiger partial charge in [0, 0.05) is 12.0 Å². The number of halogens is 3. The Bertz CT molecular complexity index is 642. The molecule has 23 heavy (non-hydrogen) atoms. The zero-order chi connectivity index (χ0) is 17.3. The predicted molar refractivity (Wildman–Crippen MR) is 79.7 cm³/mol. The number of hydrogen-bond donors (Lipinski definition) is 1. The third kappa shape index (κ3) is 4.54. The van der Waals surface area contributed by atoms with Gasteiger partial charge in [-0.1, -0.05) is 38.1 Å². The van der Waals surface area contributed by atoms with Crippen LogP contribution in [0.5, 0.6) is 0 Å². The Kier molecular flexibility index (Phi) is 4.79. The van der Waals surface area contributed by atoms with Gasteiger partial charge >= 0.3 is 6.18 Å². The molecule has 0 bridgehead atoms. The number of hydrogen-bond acceptors (Lipinski definition) is 4. The summed E-state index contributed by atoms with van der Waals surface area (Å²) in [7, 11) is 0. The summed E-state index contributed by atoms with van der Waals surface area (Å²) in [5.41, 5.74) is -0.101. The highest BCUT2D eigenvalue weighted by atomic mass is 19.4. The van der Waals surface area contributed by atoms with Crippen molar-refractivity contribution in [3.8, 4) is 0 Å². The maximum Gasteiger partial charge on any atom is 0.416 e. The molecule has 0 saturated heterocycles. The van der Waals surface area contributed by atoms with Crippen LogP contribution in [0.3, 0.4) is 0 Å². The lowest BCUT2D eigenvalue weighted by atomic mass is 9.96. The van der Waals surface area contributed by atoms with E-state index in [4.69, 9.17) is 4.52 Å². The van der Waals surface area contributed by atoms with E-state index >= 15 is 0 Å². The molecule has 1 aromatic heterocycles. The lowest BCUT2D eigenvalue weighted by molar-refractivity contribution is -0.137. The Morgan fingerprint density at radius 2 is 1.74 bits per heavy atom. The van der Waals surface area contributed by atoms with Crippen molar-refractivity contribution < 1.29 is 17.7 Å². The van der Waals surface area contributed by atoms with Crippen LogP contribution in [-0.2, 0) is 18.1 Å². The first kappa shape index (κ1) is 17.5. The van der Waals surface area contributed by atoms with Crippen LogP contribution in [0.25, 0.3) is 0 Å². The van der Waals surface area contributed by atoms with E-state index in [9.17, 15) is 13.2 Å². The van der Waals surface area contributed by atoms with Crippen LogP contribution < -0.4 is 5.32 Å². The molecule has 1 atom stereocenters. The largest absolute Gasteiger partial charge is 0.416 e. The van der Waals surface area contributed by atoms with Crippen LogP contribution >= 0.6 is 0 Å². The maximum atomic E-state index is 12.5. The summed E-state index contributed by atoms with van der Waals surface area (Å²) in [6.45, 7) is 8.24. The fourth-order valence-electron chi connectivity index (χ4n) is 1.89. The molecule has 7 heteroatoms. The molecule has 0 spiro atoms. The van der Waals surface area contributed by atoms with Gasteiger partial charge in [-0.05, 0) is 24.6 Å². The monoisotopic (exact) mass is 327 g/mol. The van der Waals surface area contributed by atoms with Gasteiger partial charge < -0.3 is 9.84 Å². The van der Waals surface area contributed by atoms with E-state index in [-0.39, 0.29) is 11.5 Å². The summed E-state index contributed by atoms with van der Waals surface area (Å²) in [5, 5.41) is 7.11. The third-order valence-electron chi connectivity index (χ3n) is 3.38. The molecule has 1 unspecified atom stereocenters. The van der Waals surface area contributed by atoms with Gasteiger partial charge in [0.2, 0.25) is 5.89 Å². The molecule has 0 fully saturated rings. The van der Waals surface area contributed by atoms with Gasteiger partial charge in [-0.2, -0.15) is 18.2 Å². The second kappa shape index (κ2) is 6.31. The number of aromatic nitrogens is 2. The zero-order valence-electron chi connectivity index (χ0n) is 13.5. The lowest BCUT2D eigenvalue weighted by Crippen LogP contribution is -2.19. The highest BCUT2D eigenvalue weighted by Crippen LogP contribution is 2.29. The highest BCUT2D eigenvalue weighted by molar-refractivity contribution is 5.24. The van der Waals surface area contributed by atoms with Crippen LogP contribution in [0, 0.1) is 0 Å². The molecule has 0 radical (unpaired) electrons. The van der Waals surface area contributed by atoms with Crippen molar-refractivity contribution >= 4 is 0 Å². The molecule has 0 aliphatic heterocycles. The Balaban J connectivity index is 1.96. The number of benzene rings is 1. The smallest absolute Gasteiger partial charge is 0.338 e. The normalized spacial score (nSPS) is 14.0. The van der Waals surface area contributed by atoms with Crippen LogP contribution in [0.15, 0.2) is 28.8 Å². The Morgan fingerprint density at radius 1 is 1.13 bits per heavy atom. The van der Waals surface area contributed by atoms with E-state index in [1.54, 1.807) is 0 Å². The van der Waals surface area contributed by atoms with Crippen LogP contribution in [0.1, 0.15) is 56.6 Å². The molecule has 2 rings (SSSR count). The Morgan fingerprint density at radius 3 is 2.22 bits per heavy atom. The minimum atomic E-state index is -4.31. The van der Waals surface area contributed by atoms with Gasteiger partial charge in [0.25, 0.3) is 0 Å². The summed E-state index contributed by atoms with van der Waals surface area (Å²) in [5.74, 6) is 1.08. The van der Waals surface area contributed by atoms with Crippen molar-refractivity contribution in [1.29, 1.82) is 0 Å². The average molecular weight is 327 g/mol. The van der Waals surface area contributed by atoms with E-state index in [2.05, 4.69) is 15.5 Å². The van der Waals surface area contributed by atoms with Gasteiger partial charge in [0.15, 0.2) is 5.82 Å². The molecule has 2 aromatic rings. The molecule has 1 aromatic carbocycles. The summed E-state index contributed by atoms with van der Waals surface area (Å²) in [6.07, 6.45) is -4.31. The van der Waals surface area contributed by atoms with E-state index in [1.807, 2.05) is 27.7 Å². The molecule has 0 amide bonds.